The molecule has 0 aliphatic carbocycles. The van der Waals surface area contributed by atoms with Crippen LogP contribution in [-0.4, -0.2) is 28.9 Å². The largest absolute Gasteiger partial charge is 0.480 e. The first kappa shape index (κ1) is 14.5. The molecule has 0 heterocycles. The first-order valence-electron chi connectivity index (χ1n) is 5.41. The lowest BCUT2D eigenvalue weighted by Gasteiger charge is -2.08. The molecule has 0 aliphatic rings. The summed E-state index contributed by atoms with van der Waals surface area (Å²) in [6.45, 7) is 0.400. The first-order chi connectivity index (χ1) is 8.52. The number of carbonyl (C=O) groups excluding carboxylic acids is 1. The molecule has 0 aliphatic heterocycles. The molecule has 0 fully saturated rings. The number of nitrogens with two attached hydrogens (primary N) is 1. The molecule has 1 atom stereocenters. The maximum absolute atomic E-state index is 10.9. The fraction of sp³-hybridized carbons (Fsp3) is 0.333. The van der Waals surface area contributed by atoms with Crippen molar-refractivity contribution >= 4 is 23.5 Å². The van der Waals surface area contributed by atoms with Crippen LogP contribution in [0.4, 0.5) is 0 Å². The lowest BCUT2D eigenvalue weighted by molar-refractivity contribution is -0.138. The summed E-state index contributed by atoms with van der Waals surface area (Å²) >= 11 is 5.35. The molecule has 0 bridgehead atoms. The number of benzene rings is 1. The Balaban J connectivity index is 2.52. The van der Waals surface area contributed by atoms with Gasteiger partial charge in [0.1, 0.15) is 11.9 Å². The molecule has 0 spiro atoms. The lowest BCUT2D eigenvalue weighted by Crippen LogP contribution is -2.32. The smallest absolute Gasteiger partial charge is 0.320 e. The third-order valence-electron chi connectivity index (χ3n) is 2.41. The summed E-state index contributed by atoms with van der Waals surface area (Å²) in [6, 6.07) is 6.33. The van der Waals surface area contributed by atoms with Crippen LogP contribution in [0.3, 0.4) is 0 Å². The number of carboxylic acid groups (broad SMARTS) is 1. The lowest BCUT2D eigenvalue weighted by atomic mass is 10.0. The van der Waals surface area contributed by atoms with Gasteiger partial charge in [0.15, 0.2) is 0 Å². The van der Waals surface area contributed by atoms with Gasteiger partial charge in [-0.2, -0.15) is 0 Å². The zero-order chi connectivity index (χ0) is 13.5. The molecule has 0 radical (unpaired) electrons. The van der Waals surface area contributed by atoms with Crippen LogP contribution >= 0.6 is 11.6 Å². The van der Waals surface area contributed by atoms with E-state index in [1.54, 1.807) is 12.1 Å². The van der Waals surface area contributed by atoms with Crippen molar-refractivity contribution in [3.63, 3.8) is 0 Å². The number of carbonyl (C=O) groups is 2. The number of halogens is 1. The summed E-state index contributed by atoms with van der Waals surface area (Å²) in [4.78, 5) is 21.5. The maximum Gasteiger partial charge on any atom is 0.320 e. The number of rotatable bonds is 6. The van der Waals surface area contributed by atoms with E-state index in [0.29, 0.717) is 6.54 Å². The number of hydrogen-bond donors (Lipinski definition) is 3. The summed E-state index contributed by atoms with van der Waals surface area (Å²) in [5.74, 6) is -1.31. The van der Waals surface area contributed by atoms with Crippen molar-refractivity contribution in [2.45, 2.75) is 19.0 Å². The van der Waals surface area contributed by atoms with Gasteiger partial charge < -0.3 is 16.2 Å². The van der Waals surface area contributed by atoms with Crippen molar-refractivity contribution in [1.82, 2.24) is 5.32 Å². The van der Waals surface area contributed by atoms with Crippen LogP contribution < -0.4 is 11.1 Å². The minimum absolute atomic E-state index is 0.0639. The van der Waals surface area contributed by atoms with Crippen LogP contribution in [0.15, 0.2) is 24.3 Å². The predicted octanol–water partition coefficient (Wildman–Crippen LogP) is 0.496. The fourth-order valence-electron chi connectivity index (χ4n) is 1.38. The van der Waals surface area contributed by atoms with Crippen LogP contribution in [0.2, 0.25) is 0 Å². The third kappa shape index (κ3) is 4.73. The molecule has 0 aromatic heterocycles. The van der Waals surface area contributed by atoms with E-state index in [1.165, 1.54) is 0 Å². The van der Waals surface area contributed by atoms with E-state index >= 15 is 0 Å². The van der Waals surface area contributed by atoms with Crippen molar-refractivity contribution in [1.29, 1.82) is 0 Å². The Kier molecular flexibility index (Phi) is 5.61. The van der Waals surface area contributed by atoms with Crippen LogP contribution in [0.1, 0.15) is 11.1 Å². The second-order valence-electron chi connectivity index (χ2n) is 3.88. The van der Waals surface area contributed by atoms with E-state index in [0.717, 1.165) is 11.1 Å². The summed E-state index contributed by atoms with van der Waals surface area (Å²) < 4.78 is 0. The molecule has 98 valence electrons. The number of carboxylic acids is 1. The quantitative estimate of drug-likeness (QED) is 0.656. The Morgan fingerprint density at radius 3 is 2.33 bits per heavy atom. The highest BCUT2D eigenvalue weighted by Crippen LogP contribution is 2.06. The van der Waals surface area contributed by atoms with E-state index in [9.17, 15) is 9.59 Å². The van der Waals surface area contributed by atoms with Crippen LogP contribution in [0, 0.1) is 0 Å². The van der Waals surface area contributed by atoms with Gasteiger partial charge in [-0.25, -0.2) is 0 Å². The molecule has 5 nitrogen and oxygen atoms in total. The van der Waals surface area contributed by atoms with Crippen LogP contribution in [0.5, 0.6) is 0 Å². The normalized spacial score (nSPS) is 11.9. The highest BCUT2D eigenvalue weighted by Gasteiger charge is 2.11. The summed E-state index contributed by atoms with van der Waals surface area (Å²) in [5.41, 5.74) is 7.19. The number of hydrogen-bond acceptors (Lipinski definition) is 3. The molecular weight excluding hydrogens is 256 g/mol. The van der Waals surface area contributed by atoms with Gasteiger partial charge in [-0.3, -0.25) is 9.59 Å². The molecule has 4 N–H and O–H groups in total. The Morgan fingerprint density at radius 2 is 1.83 bits per heavy atom. The van der Waals surface area contributed by atoms with Gasteiger partial charge in [-0.1, -0.05) is 24.3 Å². The average molecular weight is 271 g/mol. The molecular formula is C12H15ClN2O3. The first-order valence-corrected chi connectivity index (χ1v) is 5.95. The second kappa shape index (κ2) is 6.98. The van der Waals surface area contributed by atoms with Gasteiger partial charge in [0, 0.05) is 6.54 Å². The van der Waals surface area contributed by atoms with Gasteiger partial charge in [-0.05, 0) is 17.5 Å². The van der Waals surface area contributed by atoms with Gasteiger partial charge >= 0.3 is 5.97 Å². The highest BCUT2D eigenvalue weighted by molar-refractivity contribution is 6.27. The van der Waals surface area contributed by atoms with Crippen LogP contribution in [-0.2, 0) is 22.6 Å². The van der Waals surface area contributed by atoms with E-state index in [2.05, 4.69) is 5.32 Å². The Morgan fingerprint density at radius 1 is 1.28 bits per heavy atom. The van der Waals surface area contributed by atoms with E-state index in [1.807, 2.05) is 12.1 Å². The number of amides is 1. The van der Waals surface area contributed by atoms with Crippen molar-refractivity contribution in [3.05, 3.63) is 35.4 Å². The van der Waals surface area contributed by atoms with Crippen molar-refractivity contribution in [3.8, 4) is 0 Å². The third-order valence-corrected chi connectivity index (χ3v) is 2.65. The second-order valence-corrected chi connectivity index (χ2v) is 4.14. The minimum atomic E-state index is -1.02. The zero-order valence-corrected chi connectivity index (χ0v) is 10.5. The van der Waals surface area contributed by atoms with Gasteiger partial charge in [0.05, 0.1) is 0 Å². The average Bonchev–Trinajstić information content (AvgIpc) is 2.37. The summed E-state index contributed by atoms with van der Waals surface area (Å²) in [7, 11) is 0. The number of alkyl halides is 1. The van der Waals surface area contributed by atoms with Crippen molar-refractivity contribution in [2.75, 3.05) is 5.88 Å². The van der Waals surface area contributed by atoms with Crippen LogP contribution in [0.25, 0.3) is 0 Å². The minimum Gasteiger partial charge on any atom is -0.480 e. The zero-order valence-electron chi connectivity index (χ0n) is 9.73. The molecule has 0 unspecified atom stereocenters. The van der Waals surface area contributed by atoms with Crippen molar-refractivity contribution in [2.24, 2.45) is 5.73 Å². The monoisotopic (exact) mass is 270 g/mol. The summed E-state index contributed by atoms with van der Waals surface area (Å²) in [5, 5.41) is 11.3. The number of nitrogens with one attached hydrogen (secondary N) is 1. The molecule has 1 aromatic rings. The van der Waals surface area contributed by atoms with Gasteiger partial charge in [0.25, 0.3) is 0 Å². The van der Waals surface area contributed by atoms with E-state index in [-0.39, 0.29) is 18.2 Å². The molecule has 0 saturated heterocycles. The fourth-order valence-corrected chi connectivity index (χ4v) is 1.48. The SMILES string of the molecule is N[C@@H](Cc1ccc(CNC(=O)CCl)cc1)C(=O)O. The predicted molar refractivity (Wildman–Crippen MR) is 68.3 cm³/mol. The molecule has 1 rings (SSSR count). The molecule has 1 aromatic carbocycles. The highest BCUT2D eigenvalue weighted by atomic mass is 35.5. The Bertz CT molecular complexity index is 420. The Labute approximate surface area is 110 Å². The number of aliphatic carboxylic acids is 1. The van der Waals surface area contributed by atoms with E-state index in [4.69, 9.17) is 22.4 Å². The van der Waals surface area contributed by atoms with Gasteiger partial charge in [-0.15, -0.1) is 11.6 Å². The standard InChI is InChI=1S/C12H15ClN2O3/c13-6-11(16)15-7-9-3-1-8(2-4-9)5-10(14)12(17)18/h1-4,10H,5-7,14H2,(H,15,16)(H,17,18)/t10-/m0/s1. The summed E-state index contributed by atoms with van der Waals surface area (Å²) in [6.07, 6.45) is 0.281. The molecule has 6 heteroatoms. The molecule has 18 heavy (non-hydrogen) atoms. The Hall–Kier alpha value is -1.59. The van der Waals surface area contributed by atoms with Gasteiger partial charge in [0.2, 0.25) is 5.91 Å². The topological polar surface area (TPSA) is 92.4 Å². The molecule has 0 saturated carbocycles. The van der Waals surface area contributed by atoms with E-state index < -0.39 is 12.0 Å². The van der Waals surface area contributed by atoms with Crippen molar-refractivity contribution < 1.29 is 14.7 Å². The maximum atomic E-state index is 10.9. The molecule has 1 amide bonds.